The molecule has 0 aliphatic rings. The quantitative estimate of drug-likeness (QED) is 0.264. The molecule has 1 rings (SSSR count). The number of rotatable bonds is 13. The van der Waals surface area contributed by atoms with Gasteiger partial charge in [-0.2, -0.15) is 0 Å². The average Bonchev–Trinajstić information content (AvgIpc) is 2.63. The third-order valence-corrected chi connectivity index (χ3v) is 4.11. The molecule has 1 aromatic carbocycles. The number of hydrogen-bond donors (Lipinski definition) is 2. The molecule has 1 atom stereocenters. The van der Waals surface area contributed by atoms with E-state index >= 15 is 0 Å². The minimum atomic E-state index is -0.938. The molecule has 0 saturated heterocycles. The minimum absolute atomic E-state index is 0.0195. The Kier molecular flexibility index (Phi) is 10.4. The average molecular weight is 454 g/mol. The van der Waals surface area contributed by atoms with E-state index in [0.29, 0.717) is 15.8 Å². The Balaban J connectivity index is 2.45. The van der Waals surface area contributed by atoms with Crippen LogP contribution in [0.2, 0.25) is 10.0 Å². The van der Waals surface area contributed by atoms with Crippen LogP contribution in [0.1, 0.15) is 20.8 Å². The van der Waals surface area contributed by atoms with Gasteiger partial charge in [0.15, 0.2) is 0 Å². The fourth-order valence-corrected chi connectivity index (χ4v) is 2.48. The van der Waals surface area contributed by atoms with Gasteiger partial charge >= 0.3 is 0 Å². The number of amides is 1. The van der Waals surface area contributed by atoms with Crippen LogP contribution in [-0.4, -0.2) is 65.7 Å². The van der Waals surface area contributed by atoms with Crippen LogP contribution >= 0.6 is 23.2 Å². The Morgan fingerprint density at radius 3 is 2.69 bits per heavy atom. The van der Waals surface area contributed by atoms with Crippen LogP contribution in [-0.2, 0) is 14.5 Å². The van der Waals surface area contributed by atoms with Crippen molar-refractivity contribution in [2.24, 2.45) is 0 Å². The number of aliphatic hydroxyl groups is 1. The van der Waals surface area contributed by atoms with Gasteiger partial charge in [-0.05, 0) is 26.0 Å². The molecule has 12 heteroatoms. The molecule has 0 aromatic heterocycles. The topological polar surface area (TPSA) is 123 Å². The van der Waals surface area contributed by atoms with Crippen molar-refractivity contribution in [2.45, 2.75) is 32.4 Å². The van der Waals surface area contributed by atoms with Crippen molar-refractivity contribution in [3.05, 3.63) is 38.4 Å². The summed E-state index contributed by atoms with van der Waals surface area (Å²) in [4.78, 5) is 31.2. The minimum Gasteiger partial charge on any atom is -0.489 e. The Morgan fingerprint density at radius 2 is 2.07 bits per heavy atom. The van der Waals surface area contributed by atoms with E-state index in [4.69, 9.17) is 32.8 Å². The highest BCUT2D eigenvalue weighted by Gasteiger charge is 2.25. The molecule has 0 saturated carbocycles. The van der Waals surface area contributed by atoms with Gasteiger partial charge in [0.05, 0.1) is 18.2 Å². The molecule has 1 amide bonds. The highest BCUT2D eigenvalue weighted by atomic mass is 35.5. The molecular formula is C17H25Cl2N3O7. The maximum atomic E-state index is 11.7. The van der Waals surface area contributed by atoms with Gasteiger partial charge in [0, 0.05) is 30.1 Å². The lowest BCUT2D eigenvalue weighted by Gasteiger charge is -2.33. The first kappa shape index (κ1) is 25.2. The lowest BCUT2D eigenvalue weighted by atomic mass is 10.1. The predicted octanol–water partition coefficient (Wildman–Crippen LogP) is 2.09. The first-order valence-electron chi connectivity index (χ1n) is 8.69. The number of nitrogens with zero attached hydrogens (tertiary/aromatic N) is 2. The zero-order valence-electron chi connectivity index (χ0n) is 16.4. The molecule has 2 N–H and O–H groups in total. The molecule has 0 fully saturated rings. The van der Waals surface area contributed by atoms with E-state index in [9.17, 15) is 20.0 Å². The Labute approximate surface area is 178 Å². The normalized spacial score (nSPS) is 12.3. The van der Waals surface area contributed by atoms with Crippen LogP contribution in [0.3, 0.4) is 0 Å². The number of benzene rings is 1. The molecule has 1 unspecified atom stereocenters. The number of hydroxylamine groups is 2. The van der Waals surface area contributed by atoms with E-state index in [1.54, 1.807) is 32.0 Å². The summed E-state index contributed by atoms with van der Waals surface area (Å²) in [6, 6.07) is 4.78. The largest absolute Gasteiger partial charge is 0.489 e. The van der Waals surface area contributed by atoms with Crippen molar-refractivity contribution in [1.29, 1.82) is 0 Å². The molecule has 0 spiro atoms. The van der Waals surface area contributed by atoms with Crippen molar-refractivity contribution < 1.29 is 29.4 Å². The van der Waals surface area contributed by atoms with Crippen molar-refractivity contribution in [1.82, 2.24) is 10.4 Å². The van der Waals surface area contributed by atoms with Gasteiger partial charge in [-0.25, -0.2) is 5.06 Å². The van der Waals surface area contributed by atoms with E-state index in [0.717, 1.165) is 5.06 Å². The van der Waals surface area contributed by atoms with Crippen LogP contribution < -0.4 is 10.1 Å². The Morgan fingerprint density at radius 1 is 1.38 bits per heavy atom. The van der Waals surface area contributed by atoms with Gasteiger partial charge in [0.25, 0.3) is 5.09 Å². The van der Waals surface area contributed by atoms with Crippen molar-refractivity contribution in [2.75, 3.05) is 32.9 Å². The monoisotopic (exact) mass is 453 g/mol. The Bertz CT molecular complexity index is 691. The fraction of sp³-hybridized carbons (Fsp3) is 0.588. The summed E-state index contributed by atoms with van der Waals surface area (Å²) < 4.78 is 5.48. The molecule has 164 valence electrons. The van der Waals surface area contributed by atoms with Gasteiger partial charge in [-0.15, -0.1) is 10.1 Å². The summed E-state index contributed by atoms with van der Waals surface area (Å²) in [6.07, 6.45) is -0.857. The van der Waals surface area contributed by atoms with Crippen LogP contribution in [0.25, 0.3) is 0 Å². The second-order valence-corrected chi connectivity index (χ2v) is 7.59. The predicted molar refractivity (Wildman–Crippen MR) is 106 cm³/mol. The fourth-order valence-electron chi connectivity index (χ4n) is 2.15. The lowest BCUT2D eigenvalue weighted by molar-refractivity contribution is -0.758. The third kappa shape index (κ3) is 10.5. The maximum Gasteiger partial charge on any atom is 0.294 e. The summed E-state index contributed by atoms with van der Waals surface area (Å²) in [7, 11) is 0. The van der Waals surface area contributed by atoms with E-state index in [2.05, 4.69) is 10.2 Å². The molecular weight excluding hydrogens is 429 g/mol. The maximum absolute atomic E-state index is 11.7. The van der Waals surface area contributed by atoms with Gasteiger partial charge in [0.2, 0.25) is 5.91 Å². The summed E-state index contributed by atoms with van der Waals surface area (Å²) >= 11 is 11.9. The molecule has 29 heavy (non-hydrogen) atoms. The van der Waals surface area contributed by atoms with E-state index in [1.165, 1.54) is 6.92 Å². The van der Waals surface area contributed by atoms with Crippen LogP contribution in [0, 0.1) is 10.1 Å². The number of β-amino-alcohol motifs (C(OH)–C–C–N with tert-alkyl or cyclic N) is 1. The Hall–Kier alpha value is -1.85. The zero-order valence-corrected chi connectivity index (χ0v) is 17.9. The summed E-state index contributed by atoms with van der Waals surface area (Å²) in [5.41, 5.74) is -0.635. The SMILES string of the molecule is CC(=O)N(CC(C)(C)NCC(O)COc1cc(Cl)ccc1Cl)OCCO[N+](=O)[O-]. The first-order valence-corrected chi connectivity index (χ1v) is 9.45. The van der Waals surface area contributed by atoms with E-state index in [-0.39, 0.29) is 38.8 Å². The van der Waals surface area contributed by atoms with Gasteiger partial charge in [0.1, 0.15) is 25.1 Å². The highest BCUT2D eigenvalue weighted by molar-refractivity contribution is 6.34. The van der Waals surface area contributed by atoms with Crippen molar-refractivity contribution in [3.63, 3.8) is 0 Å². The molecule has 0 aliphatic heterocycles. The van der Waals surface area contributed by atoms with Gasteiger partial charge < -0.3 is 20.0 Å². The van der Waals surface area contributed by atoms with Crippen LogP contribution in [0.15, 0.2) is 18.2 Å². The molecule has 0 radical (unpaired) electrons. The number of aliphatic hydroxyl groups excluding tert-OH is 1. The molecule has 0 aliphatic carbocycles. The lowest BCUT2D eigenvalue weighted by Crippen LogP contribution is -2.52. The second kappa shape index (κ2) is 12.0. The molecule has 0 bridgehead atoms. The number of ether oxygens (including phenoxy) is 1. The summed E-state index contributed by atoms with van der Waals surface area (Å²) in [6.45, 7) is 4.74. The highest BCUT2D eigenvalue weighted by Crippen LogP contribution is 2.27. The van der Waals surface area contributed by atoms with Gasteiger partial charge in [-0.1, -0.05) is 23.2 Å². The van der Waals surface area contributed by atoms with E-state index < -0.39 is 16.7 Å². The number of hydrogen-bond acceptors (Lipinski definition) is 8. The summed E-state index contributed by atoms with van der Waals surface area (Å²) in [5.74, 6) is -0.00830. The van der Waals surface area contributed by atoms with Crippen molar-refractivity contribution >= 4 is 29.1 Å². The van der Waals surface area contributed by atoms with Crippen LogP contribution in [0.4, 0.5) is 0 Å². The van der Waals surface area contributed by atoms with Crippen molar-refractivity contribution in [3.8, 4) is 5.75 Å². The van der Waals surface area contributed by atoms with Gasteiger partial charge in [-0.3, -0.25) is 9.63 Å². The van der Waals surface area contributed by atoms with Crippen LogP contribution in [0.5, 0.6) is 5.75 Å². The second-order valence-electron chi connectivity index (χ2n) is 6.75. The standard InChI is InChI=1S/C17H25Cl2N3O7/c1-12(23)21(28-6-7-29-22(25)26)11-17(2,3)20-9-14(24)10-27-16-8-13(18)4-5-15(16)19/h4-5,8,14,20,24H,6-7,9-11H2,1-3H3. The number of halogens is 2. The van der Waals surface area contributed by atoms with E-state index in [1.807, 2.05) is 0 Å². The molecule has 10 nitrogen and oxygen atoms in total. The number of nitrogens with one attached hydrogen (secondary N) is 1. The molecule has 1 aromatic rings. The smallest absolute Gasteiger partial charge is 0.294 e. The summed E-state index contributed by atoms with van der Waals surface area (Å²) in [5, 5.41) is 24.4. The first-order chi connectivity index (χ1) is 13.5. The third-order valence-electron chi connectivity index (χ3n) is 3.56. The molecule has 0 heterocycles. The number of carbonyl (C=O) groups excluding carboxylic acids is 1. The number of carbonyl (C=O) groups is 1. The zero-order chi connectivity index (χ0) is 22.0.